The number of hydrogen-bond donors (Lipinski definition) is 2. The fraction of sp³-hybridized carbons (Fsp3) is 0.550. The van der Waals surface area contributed by atoms with E-state index in [1.54, 1.807) is 12.2 Å². The Kier molecular flexibility index (Phi) is 5.94. The number of alkyl halides is 6. The third-order valence-electron chi connectivity index (χ3n) is 6.23. The molecule has 176 valence electrons. The van der Waals surface area contributed by atoms with Crippen LogP contribution in [0.3, 0.4) is 0 Å². The molecule has 0 unspecified atom stereocenters. The molecule has 4 amide bonds. The Bertz CT molecular complexity index is 932. The maximum atomic E-state index is 14.0. The van der Waals surface area contributed by atoms with Crippen LogP contribution in [0.25, 0.3) is 0 Å². The minimum atomic E-state index is -5.45. The van der Waals surface area contributed by atoms with Gasteiger partial charge in [-0.25, -0.2) is 4.79 Å². The second-order valence-corrected chi connectivity index (χ2v) is 8.22. The number of hydrogen-bond acceptors (Lipinski definition) is 3. The first-order valence-corrected chi connectivity index (χ1v) is 9.91. The Morgan fingerprint density at radius 1 is 1.12 bits per heavy atom. The number of nitrogens with one attached hydrogen (secondary N) is 2. The summed E-state index contributed by atoms with van der Waals surface area (Å²) in [6, 6.07) is 0.613. The first-order valence-electron chi connectivity index (χ1n) is 9.91. The SMILES string of the molecule is C[C@H]1[C@H](C)CCC[C@@H]1N1C(=O)N[C@@](NC(=O)c2cccc(C(F)(F)F)c2)(C(F)(F)F)C1=O. The van der Waals surface area contributed by atoms with Gasteiger partial charge in [0, 0.05) is 11.6 Å². The fourth-order valence-electron chi connectivity index (χ4n) is 4.19. The molecule has 4 atom stereocenters. The smallest absolute Gasteiger partial charge is 0.314 e. The van der Waals surface area contributed by atoms with Gasteiger partial charge in [-0.2, -0.15) is 26.3 Å². The van der Waals surface area contributed by atoms with E-state index in [-0.39, 0.29) is 11.8 Å². The highest BCUT2D eigenvalue weighted by Gasteiger charge is 2.70. The van der Waals surface area contributed by atoms with Crippen LogP contribution in [0.15, 0.2) is 24.3 Å². The molecule has 2 aliphatic rings. The predicted molar refractivity (Wildman–Crippen MR) is 99.0 cm³/mol. The number of amides is 4. The molecule has 3 rings (SSSR count). The second kappa shape index (κ2) is 7.96. The van der Waals surface area contributed by atoms with Gasteiger partial charge in [-0.15, -0.1) is 0 Å². The van der Waals surface area contributed by atoms with Crippen LogP contribution in [-0.2, 0) is 11.0 Å². The number of benzene rings is 1. The second-order valence-electron chi connectivity index (χ2n) is 8.22. The molecule has 1 aliphatic heterocycles. The summed E-state index contributed by atoms with van der Waals surface area (Å²) < 4.78 is 80.9. The summed E-state index contributed by atoms with van der Waals surface area (Å²) in [4.78, 5) is 38.4. The van der Waals surface area contributed by atoms with E-state index < -0.39 is 53.0 Å². The van der Waals surface area contributed by atoms with Gasteiger partial charge in [-0.1, -0.05) is 32.8 Å². The predicted octanol–water partition coefficient (Wildman–Crippen LogP) is 4.07. The monoisotopic (exact) mass is 465 g/mol. The van der Waals surface area contributed by atoms with Gasteiger partial charge in [0.2, 0.25) is 0 Å². The van der Waals surface area contributed by atoms with Crippen molar-refractivity contribution in [3.05, 3.63) is 35.4 Å². The molecule has 1 aromatic carbocycles. The van der Waals surface area contributed by atoms with Crippen LogP contribution in [0, 0.1) is 11.8 Å². The zero-order valence-electron chi connectivity index (χ0n) is 17.1. The number of urea groups is 1. The lowest BCUT2D eigenvalue weighted by Crippen LogP contribution is -2.69. The quantitative estimate of drug-likeness (QED) is 0.522. The van der Waals surface area contributed by atoms with Crippen LogP contribution in [0.4, 0.5) is 31.1 Å². The van der Waals surface area contributed by atoms with Crippen molar-refractivity contribution in [3.63, 3.8) is 0 Å². The van der Waals surface area contributed by atoms with Crippen LogP contribution < -0.4 is 10.6 Å². The topological polar surface area (TPSA) is 78.5 Å². The molecule has 1 saturated heterocycles. The van der Waals surface area contributed by atoms with Gasteiger partial charge in [0.25, 0.3) is 17.5 Å². The standard InChI is InChI=1S/C20H21F6N3O3/c1-10-5-3-8-14(11(10)2)29-16(31)18(20(24,25)26,28-17(29)32)27-15(30)12-6-4-7-13(9-12)19(21,22)23/h4,6-7,9-11,14H,3,5,8H2,1-2H3,(H,27,30)(H,28,32)/t10-,11+,14+,18-/m1/s1. The molecular weight excluding hydrogens is 444 g/mol. The van der Waals surface area contributed by atoms with Crippen LogP contribution in [-0.4, -0.2) is 40.6 Å². The normalized spacial score (nSPS) is 29.1. The molecule has 0 aromatic heterocycles. The Balaban J connectivity index is 1.95. The van der Waals surface area contributed by atoms with E-state index in [1.807, 2.05) is 6.92 Å². The van der Waals surface area contributed by atoms with Crippen LogP contribution in [0.5, 0.6) is 0 Å². The van der Waals surface area contributed by atoms with Crippen LogP contribution in [0.1, 0.15) is 49.0 Å². The number of rotatable bonds is 3. The Hall–Kier alpha value is -2.79. The van der Waals surface area contributed by atoms with Crippen molar-refractivity contribution in [1.82, 2.24) is 15.5 Å². The van der Waals surface area contributed by atoms with Crippen molar-refractivity contribution in [2.24, 2.45) is 11.8 Å². The molecular formula is C20H21F6N3O3. The number of imide groups is 1. The lowest BCUT2D eigenvalue weighted by atomic mass is 9.77. The molecule has 1 heterocycles. The molecule has 6 nitrogen and oxygen atoms in total. The van der Waals surface area contributed by atoms with E-state index in [4.69, 9.17) is 0 Å². The summed E-state index contributed by atoms with van der Waals surface area (Å²) in [5.41, 5.74) is -5.78. The van der Waals surface area contributed by atoms with E-state index in [2.05, 4.69) is 0 Å². The molecule has 1 aromatic rings. The first kappa shape index (κ1) is 23.9. The van der Waals surface area contributed by atoms with Crippen molar-refractivity contribution < 1.29 is 40.7 Å². The van der Waals surface area contributed by atoms with Gasteiger partial charge in [0.05, 0.1) is 5.56 Å². The molecule has 2 N–H and O–H groups in total. The van der Waals surface area contributed by atoms with E-state index in [9.17, 15) is 40.7 Å². The maximum Gasteiger partial charge on any atom is 0.440 e. The maximum absolute atomic E-state index is 14.0. The molecule has 0 radical (unpaired) electrons. The molecule has 1 aliphatic carbocycles. The van der Waals surface area contributed by atoms with Gasteiger partial charge in [-0.05, 0) is 36.5 Å². The van der Waals surface area contributed by atoms with E-state index in [0.717, 1.165) is 18.6 Å². The minimum Gasteiger partial charge on any atom is -0.314 e. The number of halogens is 6. The average molecular weight is 465 g/mol. The van der Waals surface area contributed by atoms with E-state index in [1.165, 1.54) is 5.32 Å². The molecule has 12 heteroatoms. The molecule has 1 saturated carbocycles. The summed E-state index contributed by atoms with van der Waals surface area (Å²) in [6.07, 6.45) is -8.59. The summed E-state index contributed by atoms with van der Waals surface area (Å²) in [5.74, 6) is -3.52. The third-order valence-corrected chi connectivity index (χ3v) is 6.23. The van der Waals surface area contributed by atoms with Gasteiger partial charge in [-0.3, -0.25) is 19.8 Å². The summed E-state index contributed by atoms with van der Waals surface area (Å²) >= 11 is 0. The number of nitrogens with zero attached hydrogens (tertiary/aromatic N) is 1. The minimum absolute atomic E-state index is 0.0509. The van der Waals surface area contributed by atoms with Crippen LogP contribution >= 0.6 is 0 Å². The van der Waals surface area contributed by atoms with Crippen LogP contribution in [0.2, 0.25) is 0 Å². The van der Waals surface area contributed by atoms with E-state index >= 15 is 0 Å². The van der Waals surface area contributed by atoms with E-state index in [0.29, 0.717) is 29.9 Å². The van der Waals surface area contributed by atoms with Gasteiger partial charge < -0.3 is 5.32 Å². The zero-order chi connectivity index (χ0) is 24.1. The van der Waals surface area contributed by atoms with Crippen molar-refractivity contribution in [2.75, 3.05) is 0 Å². The largest absolute Gasteiger partial charge is 0.440 e. The lowest BCUT2D eigenvalue weighted by Gasteiger charge is -2.38. The van der Waals surface area contributed by atoms with Crippen molar-refractivity contribution in [1.29, 1.82) is 0 Å². The first-order chi connectivity index (χ1) is 14.7. The fourth-order valence-corrected chi connectivity index (χ4v) is 4.19. The Labute approximate surface area is 179 Å². The number of carbonyl (C=O) groups is 3. The average Bonchev–Trinajstić information content (AvgIpc) is 2.94. The molecule has 32 heavy (non-hydrogen) atoms. The van der Waals surface area contributed by atoms with Crippen molar-refractivity contribution in [2.45, 2.75) is 57.2 Å². The number of carbonyl (C=O) groups excluding carboxylic acids is 3. The Morgan fingerprint density at radius 3 is 2.38 bits per heavy atom. The third kappa shape index (κ3) is 4.02. The summed E-state index contributed by atoms with van der Waals surface area (Å²) in [5, 5.41) is 2.99. The van der Waals surface area contributed by atoms with Gasteiger partial charge in [0.15, 0.2) is 0 Å². The summed E-state index contributed by atoms with van der Waals surface area (Å²) in [6.45, 7) is 3.59. The van der Waals surface area contributed by atoms with Crippen molar-refractivity contribution in [3.8, 4) is 0 Å². The molecule has 0 bridgehead atoms. The highest BCUT2D eigenvalue weighted by Crippen LogP contribution is 2.40. The van der Waals surface area contributed by atoms with Gasteiger partial charge >= 0.3 is 18.4 Å². The highest BCUT2D eigenvalue weighted by atomic mass is 19.4. The highest BCUT2D eigenvalue weighted by molar-refractivity contribution is 6.10. The molecule has 2 fully saturated rings. The summed E-state index contributed by atoms with van der Waals surface area (Å²) in [7, 11) is 0. The van der Waals surface area contributed by atoms with Crippen molar-refractivity contribution >= 4 is 17.8 Å². The zero-order valence-corrected chi connectivity index (χ0v) is 17.1. The Morgan fingerprint density at radius 2 is 1.78 bits per heavy atom. The molecule has 0 spiro atoms. The van der Waals surface area contributed by atoms with Gasteiger partial charge in [0.1, 0.15) is 0 Å². The lowest BCUT2D eigenvalue weighted by molar-refractivity contribution is -0.201.